The molecule has 0 radical (unpaired) electrons. The summed E-state index contributed by atoms with van der Waals surface area (Å²) >= 11 is 0. The van der Waals surface area contributed by atoms with Crippen LogP contribution in [-0.2, 0) is 14.8 Å². The van der Waals surface area contributed by atoms with E-state index < -0.39 is 34.1 Å². The van der Waals surface area contributed by atoms with Crippen molar-refractivity contribution in [1.82, 2.24) is 14.9 Å². The Morgan fingerprint density at radius 1 is 1.41 bits per heavy atom. The van der Waals surface area contributed by atoms with E-state index in [1.165, 1.54) is 35.4 Å². The highest BCUT2D eigenvalue weighted by Gasteiger charge is 2.23. The molecule has 1 fully saturated rings. The fourth-order valence-corrected chi connectivity index (χ4v) is 4.23. The Morgan fingerprint density at radius 3 is 2.86 bits per heavy atom. The van der Waals surface area contributed by atoms with Gasteiger partial charge in [-0.3, -0.25) is 4.79 Å². The molecule has 1 aliphatic carbocycles. The van der Waals surface area contributed by atoms with Crippen molar-refractivity contribution in [2.45, 2.75) is 38.6 Å². The summed E-state index contributed by atoms with van der Waals surface area (Å²) in [5, 5.41) is 12.0. The predicted molar refractivity (Wildman–Crippen MR) is 105 cm³/mol. The topological polar surface area (TPSA) is 108 Å². The molecule has 8 nitrogen and oxygen atoms in total. The standard InChI is InChI=1S/C19H26FN3O5S/c1-13(15-5-6-16(20)17(11-15)28-12-14-3-4-14)22-29(26,27)10-2-8-23-9-7-18(24)21-19(23)25/h5-7,9,11,13-14,19,22,25H,2-4,8,10,12H2,1H3,(H,21,24)/t13-,19?/m1/s1. The van der Waals surface area contributed by atoms with Gasteiger partial charge in [0.2, 0.25) is 22.3 Å². The molecule has 0 spiro atoms. The molecule has 0 bridgehead atoms. The Bertz CT molecular complexity index is 873. The van der Waals surface area contributed by atoms with E-state index in [4.69, 9.17) is 4.74 Å². The van der Waals surface area contributed by atoms with Crippen molar-refractivity contribution in [3.05, 3.63) is 41.9 Å². The number of carbonyl (C=O) groups is 1. The van der Waals surface area contributed by atoms with Crippen molar-refractivity contribution in [1.29, 1.82) is 0 Å². The van der Waals surface area contributed by atoms with E-state index in [2.05, 4.69) is 10.0 Å². The maximum Gasteiger partial charge on any atom is 0.248 e. The minimum Gasteiger partial charge on any atom is -0.490 e. The number of hydrogen-bond donors (Lipinski definition) is 3. The molecule has 2 atom stereocenters. The molecule has 160 valence electrons. The predicted octanol–water partition coefficient (Wildman–Crippen LogP) is 1.21. The number of aliphatic hydroxyl groups is 1. The lowest BCUT2D eigenvalue weighted by Gasteiger charge is -2.29. The van der Waals surface area contributed by atoms with Gasteiger partial charge in [0, 0.05) is 24.9 Å². The van der Waals surface area contributed by atoms with Crippen LogP contribution in [0.4, 0.5) is 4.39 Å². The molecular formula is C19H26FN3O5S. The van der Waals surface area contributed by atoms with Crippen LogP contribution in [0.25, 0.3) is 0 Å². The molecular weight excluding hydrogens is 401 g/mol. The highest BCUT2D eigenvalue weighted by Crippen LogP contribution is 2.31. The van der Waals surface area contributed by atoms with E-state index in [1.807, 2.05) is 0 Å². The average Bonchev–Trinajstić information content (AvgIpc) is 3.47. The molecule has 1 heterocycles. The molecule has 0 saturated heterocycles. The van der Waals surface area contributed by atoms with Crippen molar-refractivity contribution < 1.29 is 27.4 Å². The third kappa shape index (κ3) is 6.41. The van der Waals surface area contributed by atoms with Gasteiger partial charge in [-0.15, -0.1) is 0 Å². The molecule has 10 heteroatoms. The van der Waals surface area contributed by atoms with Gasteiger partial charge >= 0.3 is 0 Å². The first-order valence-corrected chi connectivity index (χ1v) is 11.2. The zero-order chi connectivity index (χ0) is 21.0. The van der Waals surface area contributed by atoms with E-state index >= 15 is 0 Å². The van der Waals surface area contributed by atoms with Crippen molar-refractivity contribution in [3.8, 4) is 5.75 Å². The summed E-state index contributed by atoms with van der Waals surface area (Å²) in [6.07, 6.45) is 3.95. The molecule has 1 saturated carbocycles. The minimum atomic E-state index is -3.60. The molecule has 3 N–H and O–H groups in total. The largest absolute Gasteiger partial charge is 0.490 e. The first kappa shape index (κ1) is 21.5. The van der Waals surface area contributed by atoms with E-state index in [-0.39, 0.29) is 24.5 Å². The smallest absolute Gasteiger partial charge is 0.248 e. The second kappa shape index (κ2) is 9.10. The number of rotatable bonds is 10. The quantitative estimate of drug-likeness (QED) is 0.518. The summed E-state index contributed by atoms with van der Waals surface area (Å²) in [7, 11) is -3.60. The first-order valence-electron chi connectivity index (χ1n) is 9.58. The lowest BCUT2D eigenvalue weighted by atomic mass is 10.1. The van der Waals surface area contributed by atoms with E-state index in [9.17, 15) is 22.7 Å². The van der Waals surface area contributed by atoms with Crippen LogP contribution in [0, 0.1) is 11.7 Å². The van der Waals surface area contributed by atoms with E-state index in [0.29, 0.717) is 18.1 Å². The molecule has 3 rings (SSSR count). The fourth-order valence-electron chi connectivity index (χ4n) is 2.93. The Hall–Kier alpha value is -2.17. The number of aliphatic hydroxyl groups excluding tert-OH is 1. The Morgan fingerprint density at radius 2 is 2.17 bits per heavy atom. The van der Waals surface area contributed by atoms with Gasteiger partial charge in [0.05, 0.1) is 12.4 Å². The summed E-state index contributed by atoms with van der Waals surface area (Å²) in [5.41, 5.74) is 0.609. The zero-order valence-corrected chi connectivity index (χ0v) is 17.0. The monoisotopic (exact) mass is 427 g/mol. The Labute approximate surface area is 169 Å². The van der Waals surface area contributed by atoms with Crippen LogP contribution in [0.2, 0.25) is 0 Å². The maximum atomic E-state index is 13.9. The van der Waals surface area contributed by atoms with E-state index in [0.717, 1.165) is 12.8 Å². The van der Waals surface area contributed by atoms with Crippen LogP contribution in [0.5, 0.6) is 5.75 Å². The summed E-state index contributed by atoms with van der Waals surface area (Å²) in [6, 6.07) is 3.79. The van der Waals surface area contributed by atoms with Gasteiger partial charge in [-0.2, -0.15) is 0 Å². The number of nitrogens with one attached hydrogen (secondary N) is 2. The number of carbonyl (C=O) groups excluding carboxylic acids is 1. The third-order valence-electron chi connectivity index (χ3n) is 4.82. The summed E-state index contributed by atoms with van der Waals surface area (Å²) in [5.74, 6) is -0.417. The van der Waals surface area contributed by atoms with Crippen LogP contribution >= 0.6 is 0 Å². The molecule has 1 aromatic rings. The second-order valence-electron chi connectivity index (χ2n) is 7.39. The Kier molecular flexibility index (Phi) is 6.76. The number of hydrogen-bond acceptors (Lipinski definition) is 6. The number of amides is 1. The maximum absolute atomic E-state index is 13.9. The van der Waals surface area contributed by atoms with Crippen molar-refractivity contribution in [3.63, 3.8) is 0 Å². The van der Waals surface area contributed by atoms with Crippen LogP contribution in [-0.4, -0.2) is 49.6 Å². The molecule has 1 aromatic carbocycles. The van der Waals surface area contributed by atoms with Gasteiger partial charge in [-0.1, -0.05) is 6.07 Å². The molecule has 1 unspecified atom stereocenters. The first-order chi connectivity index (χ1) is 13.7. The number of nitrogens with zero attached hydrogens (tertiary/aromatic N) is 1. The second-order valence-corrected chi connectivity index (χ2v) is 9.27. The van der Waals surface area contributed by atoms with Gasteiger partial charge in [0.1, 0.15) is 0 Å². The summed E-state index contributed by atoms with van der Waals surface area (Å²) in [6.45, 7) is 2.41. The normalized spacial score (nSPS) is 20.4. The highest BCUT2D eigenvalue weighted by molar-refractivity contribution is 7.89. The molecule has 1 aliphatic heterocycles. The van der Waals surface area contributed by atoms with Gasteiger partial charge in [-0.25, -0.2) is 17.5 Å². The number of halogens is 1. The number of sulfonamides is 1. The summed E-state index contributed by atoms with van der Waals surface area (Å²) in [4.78, 5) is 12.5. The van der Waals surface area contributed by atoms with Gasteiger partial charge < -0.3 is 20.1 Å². The highest BCUT2D eigenvalue weighted by atomic mass is 32.2. The fraction of sp³-hybridized carbons (Fsp3) is 0.526. The van der Waals surface area contributed by atoms with Gasteiger partial charge in [-0.05, 0) is 49.8 Å². The number of benzene rings is 1. The lowest BCUT2D eigenvalue weighted by molar-refractivity contribution is -0.124. The molecule has 1 amide bonds. The van der Waals surface area contributed by atoms with Crippen LogP contribution < -0.4 is 14.8 Å². The van der Waals surface area contributed by atoms with Crippen molar-refractivity contribution in [2.24, 2.45) is 5.92 Å². The van der Waals surface area contributed by atoms with Crippen LogP contribution in [0.1, 0.15) is 37.8 Å². The van der Waals surface area contributed by atoms with Gasteiger partial charge in [0.15, 0.2) is 11.6 Å². The minimum absolute atomic E-state index is 0.133. The van der Waals surface area contributed by atoms with Crippen LogP contribution in [0.15, 0.2) is 30.5 Å². The van der Waals surface area contributed by atoms with Gasteiger partial charge in [0.25, 0.3) is 0 Å². The molecule has 29 heavy (non-hydrogen) atoms. The average molecular weight is 427 g/mol. The molecule has 2 aliphatic rings. The SMILES string of the molecule is C[C@@H](NS(=O)(=O)CCCN1C=CC(=O)NC1O)c1ccc(F)c(OCC2CC2)c1. The van der Waals surface area contributed by atoms with Crippen molar-refractivity contribution in [2.75, 3.05) is 18.9 Å². The summed E-state index contributed by atoms with van der Waals surface area (Å²) < 4.78 is 46.8. The Balaban J connectivity index is 1.52. The number of ether oxygens (including phenoxy) is 1. The van der Waals surface area contributed by atoms with Crippen LogP contribution in [0.3, 0.4) is 0 Å². The van der Waals surface area contributed by atoms with E-state index in [1.54, 1.807) is 6.92 Å². The van der Waals surface area contributed by atoms with Crippen molar-refractivity contribution >= 4 is 15.9 Å². The lowest BCUT2D eigenvalue weighted by Crippen LogP contribution is -2.48. The molecule has 0 aromatic heterocycles. The third-order valence-corrected chi connectivity index (χ3v) is 6.35. The zero-order valence-electron chi connectivity index (χ0n) is 16.2.